The van der Waals surface area contributed by atoms with Gasteiger partial charge in [-0.25, -0.2) is 4.79 Å². The summed E-state index contributed by atoms with van der Waals surface area (Å²) in [4.78, 5) is 25.8. The molecule has 3 N–H and O–H groups in total. The molecule has 1 aliphatic heterocycles. The number of nitrogens with one attached hydrogen (secondary N) is 2. The molecule has 26 heavy (non-hydrogen) atoms. The molecule has 1 fully saturated rings. The van der Waals surface area contributed by atoms with Crippen molar-refractivity contribution in [2.75, 3.05) is 52.0 Å². The number of hydrogen-bond acceptors (Lipinski definition) is 6. The molecule has 3 amide bonds. The van der Waals surface area contributed by atoms with Crippen LogP contribution in [0.2, 0.25) is 0 Å². The van der Waals surface area contributed by atoms with E-state index in [1.165, 1.54) is 7.11 Å². The van der Waals surface area contributed by atoms with E-state index >= 15 is 0 Å². The minimum absolute atomic E-state index is 0.0532. The standard InChI is InChI=1S/C17H25N3O6/c1-24-14-4-3-13(10-15(14)25-2)20-11-12(9-16(20)22)19-17(23)18-5-7-26-8-6-21/h3-4,10,12,21H,5-9,11H2,1-2H3,(H2,18,19,23). The van der Waals surface area contributed by atoms with E-state index in [1.807, 2.05) is 0 Å². The number of ether oxygens (including phenoxy) is 3. The predicted octanol–water partition coefficient (Wildman–Crippen LogP) is 0.117. The van der Waals surface area contributed by atoms with Crippen LogP contribution >= 0.6 is 0 Å². The minimum Gasteiger partial charge on any atom is -0.493 e. The molecule has 9 nitrogen and oxygen atoms in total. The lowest BCUT2D eigenvalue weighted by Gasteiger charge is -2.19. The van der Waals surface area contributed by atoms with Gasteiger partial charge in [-0.3, -0.25) is 4.79 Å². The van der Waals surface area contributed by atoms with Gasteiger partial charge in [0.2, 0.25) is 5.91 Å². The molecule has 0 bridgehead atoms. The van der Waals surface area contributed by atoms with E-state index in [9.17, 15) is 9.59 Å². The van der Waals surface area contributed by atoms with Crippen LogP contribution in [0.15, 0.2) is 18.2 Å². The molecule has 1 aromatic rings. The fourth-order valence-corrected chi connectivity index (χ4v) is 2.69. The Kier molecular flexibility index (Phi) is 7.49. The van der Waals surface area contributed by atoms with Crippen LogP contribution in [0.25, 0.3) is 0 Å². The number of methoxy groups -OCH3 is 2. The van der Waals surface area contributed by atoms with Crippen LogP contribution in [-0.4, -0.2) is 70.2 Å². The molecule has 2 rings (SSSR count). The molecule has 1 heterocycles. The lowest BCUT2D eigenvalue weighted by molar-refractivity contribution is -0.117. The van der Waals surface area contributed by atoms with Gasteiger partial charge in [0.05, 0.1) is 40.1 Å². The number of benzene rings is 1. The normalized spacial score (nSPS) is 16.5. The SMILES string of the molecule is COc1ccc(N2CC(NC(=O)NCCOCCO)CC2=O)cc1OC. The smallest absolute Gasteiger partial charge is 0.315 e. The molecule has 0 saturated carbocycles. The lowest BCUT2D eigenvalue weighted by atomic mass is 10.2. The summed E-state index contributed by atoms with van der Waals surface area (Å²) in [6, 6.07) is 4.61. The molecule has 9 heteroatoms. The highest BCUT2D eigenvalue weighted by Gasteiger charge is 2.32. The monoisotopic (exact) mass is 367 g/mol. The molecule has 0 aliphatic carbocycles. The largest absolute Gasteiger partial charge is 0.493 e. The number of aliphatic hydroxyl groups is 1. The number of aliphatic hydroxyl groups excluding tert-OH is 1. The molecule has 1 unspecified atom stereocenters. The minimum atomic E-state index is -0.357. The van der Waals surface area contributed by atoms with Gasteiger partial charge in [-0.1, -0.05) is 0 Å². The average molecular weight is 367 g/mol. The van der Waals surface area contributed by atoms with E-state index < -0.39 is 0 Å². The number of urea groups is 1. The third-order valence-electron chi connectivity index (χ3n) is 3.91. The van der Waals surface area contributed by atoms with E-state index in [-0.39, 0.29) is 37.6 Å². The average Bonchev–Trinajstić information content (AvgIpc) is 3.00. The van der Waals surface area contributed by atoms with Crippen LogP contribution in [0, 0.1) is 0 Å². The van der Waals surface area contributed by atoms with Gasteiger partial charge in [-0.2, -0.15) is 0 Å². The van der Waals surface area contributed by atoms with Crippen molar-refractivity contribution in [2.24, 2.45) is 0 Å². The number of rotatable bonds is 9. The molecule has 0 aromatic heterocycles. The van der Waals surface area contributed by atoms with Crippen molar-refractivity contribution >= 4 is 17.6 Å². The number of carbonyl (C=O) groups excluding carboxylic acids is 2. The highest BCUT2D eigenvalue weighted by Crippen LogP contribution is 2.33. The summed E-state index contributed by atoms with van der Waals surface area (Å²) < 4.78 is 15.5. The summed E-state index contributed by atoms with van der Waals surface area (Å²) in [7, 11) is 3.08. The Morgan fingerprint density at radius 2 is 2.04 bits per heavy atom. The Morgan fingerprint density at radius 3 is 2.73 bits per heavy atom. The number of nitrogens with zero attached hydrogens (tertiary/aromatic N) is 1. The first-order chi connectivity index (χ1) is 12.6. The number of carbonyl (C=O) groups is 2. The Bertz CT molecular complexity index is 625. The first-order valence-corrected chi connectivity index (χ1v) is 8.34. The maximum absolute atomic E-state index is 12.3. The number of anilines is 1. The second-order valence-electron chi connectivity index (χ2n) is 5.68. The molecule has 1 saturated heterocycles. The Hall–Kier alpha value is -2.52. The van der Waals surface area contributed by atoms with Crippen LogP contribution < -0.4 is 25.0 Å². The summed E-state index contributed by atoms with van der Waals surface area (Å²) in [5.74, 6) is 1.05. The van der Waals surface area contributed by atoms with Crippen molar-refractivity contribution in [3.8, 4) is 11.5 Å². The lowest BCUT2D eigenvalue weighted by Crippen LogP contribution is -2.44. The summed E-state index contributed by atoms with van der Waals surface area (Å²) >= 11 is 0. The summed E-state index contributed by atoms with van der Waals surface area (Å²) in [5.41, 5.74) is 0.690. The van der Waals surface area contributed by atoms with Crippen LogP contribution in [0.4, 0.5) is 10.5 Å². The number of hydrogen-bond donors (Lipinski definition) is 3. The summed E-state index contributed by atoms with van der Waals surface area (Å²) in [6.45, 7) is 1.20. The Balaban J connectivity index is 1.87. The van der Waals surface area contributed by atoms with Crippen LogP contribution in [0.1, 0.15) is 6.42 Å². The quantitative estimate of drug-likeness (QED) is 0.535. The van der Waals surface area contributed by atoms with Gasteiger partial charge in [0.1, 0.15) is 0 Å². The van der Waals surface area contributed by atoms with Gasteiger partial charge in [-0.05, 0) is 12.1 Å². The van der Waals surface area contributed by atoms with E-state index in [1.54, 1.807) is 30.2 Å². The van der Waals surface area contributed by atoms with Gasteiger partial charge in [0.25, 0.3) is 0 Å². The van der Waals surface area contributed by atoms with Crippen molar-refractivity contribution in [1.82, 2.24) is 10.6 Å². The second-order valence-corrected chi connectivity index (χ2v) is 5.68. The fraction of sp³-hybridized carbons (Fsp3) is 0.529. The molecular weight excluding hydrogens is 342 g/mol. The zero-order valence-electron chi connectivity index (χ0n) is 15.0. The number of amides is 3. The molecular formula is C17H25N3O6. The summed E-state index contributed by atoms with van der Waals surface area (Å²) in [5, 5.41) is 14.0. The zero-order valence-corrected chi connectivity index (χ0v) is 15.0. The zero-order chi connectivity index (χ0) is 18.9. The Labute approximate surface area is 152 Å². The summed E-state index contributed by atoms with van der Waals surface area (Å²) in [6.07, 6.45) is 0.225. The molecule has 1 aromatic carbocycles. The van der Waals surface area contributed by atoms with Crippen LogP contribution in [0.3, 0.4) is 0 Å². The van der Waals surface area contributed by atoms with E-state index in [0.717, 1.165) is 0 Å². The molecule has 0 spiro atoms. The maximum Gasteiger partial charge on any atom is 0.315 e. The van der Waals surface area contributed by atoms with Crippen molar-refractivity contribution in [2.45, 2.75) is 12.5 Å². The van der Waals surface area contributed by atoms with E-state index in [2.05, 4.69) is 10.6 Å². The van der Waals surface area contributed by atoms with Crippen LogP contribution in [-0.2, 0) is 9.53 Å². The van der Waals surface area contributed by atoms with Gasteiger partial charge in [-0.15, -0.1) is 0 Å². The van der Waals surface area contributed by atoms with E-state index in [4.69, 9.17) is 19.3 Å². The highest BCUT2D eigenvalue weighted by atomic mass is 16.5. The molecule has 0 radical (unpaired) electrons. The van der Waals surface area contributed by atoms with Crippen molar-refractivity contribution < 1.29 is 28.9 Å². The first kappa shape index (κ1) is 19.8. The maximum atomic E-state index is 12.3. The van der Waals surface area contributed by atoms with Crippen LogP contribution in [0.5, 0.6) is 11.5 Å². The van der Waals surface area contributed by atoms with Crippen molar-refractivity contribution in [3.63, 3.8) is 0 Å². The molecule has 1 aliphatic rings. The molecule has 1 atom stereocenters. The second kappa shape index (κ2) is 9.83. The third kappa shape index (κ3) is 5.24. The van der Waals surface area contributed by atoms with Gasteiger partial charge in [0.15, 0.2) is 11.5 Å². The van der Waals surface area contributed by atoms with Gasteiger partial charge in [0, 0.05) is 31.3 Å². The van der Waals surface area contributed by atoms with Gasteiger partial charge >= 0.3 is 6.03 Å². The third-order valence-corrected chi connectivity index (χ3v) is 3.91. The van der Waals surface area contributed by atoms with E-state index in [0.29, 0.717) is 36.9 Å². The Morgan fingerprint density at radius 1 is 1.27 bits per heavy atom. The highest BCUT2D eigenvalue weighted by molar-refractivity contribution is 5.97. The first-order valence-electron chi connectivity index (χ1n) is 8.34. The topological polar surface area (TPSA) is 109 Å². The van der Waals surface area contributed by atoms with Crippen molar-refractivity contribution in [3.05, 3.63) is 18.2 Å². The van der Waals surface area contributed by atoms with Gasteiger partial charge < -0.3 is 34.9 Å². The van der Waals surface area contributed by atoms with Crippen molar-refractivity contribution in [1.29, 1.82) is 0 Å². The molecule has 144 valence electrons. The fourth-order valence-electron chi connectivity index (χ4n) is 2.69. The predicted molar refractivity (Wildman–Crippen MR) is 94.7 cm³/mol.